The lowest BCUT2D eigenvalue weighted by molar-refractivity contribution is -0.119. The SMILES string of the molecule is CC(=O)NCc1ccc(C(=O)[C@H](C)OC(=O)c2ccc(CCNS(C)(=O)=O)cc2)s1. The van der Waals surface area contributed by atoms with E-state index < -0.39 is 22.1 Å². The summed E-state index contributed by atoms with van der Waals surface area (Å²) in [7, 11) is -3.24. The van der Waals surface area contributed by atoms with Crippen LogP contribution in [0.15, 0.2) is 36.4 Å². The second-order valence-electron chi connectivity index (χ2n) is 6.70. The molecule has 0 saturated carbocycles. The van der Waals surface area contributed by atoms with Crippen LogP contribution in [0.3, 0.4) is 0 Å². The molecule has 0 saturated heterocycles. The monoisotopic (exact) mass is 452 g/mol. The van der Waals surface area contributed by atoms with Crippen LogP contribution in [0.5, 0.6) is 0 Å². The molecule has 0 fully saturated rings. The van der Waals surface area contributed by atoms with Crippen molar-refractivity contribution in [2.45, 2.75) is 32.9 Å². The van der Waals surface area contributed by atoms with Gasteiger partial charge in [0.2, 0.25) is 21.7 Å². The molecular weight excluding hydrogens is 428 g/mol. The third kappa shape index (κ3) is 7.69. The van der Waals surface area contributed by atoms with E-state index in [4.69, 9.17) is 4.74 Å². The van der Waals surface area contributed by atoms with E-state index in [0.29, 0.717) is 23.4 Å². The predicted molar refractivity (Wildman–Crippen MR) is 114 cm³/mol. The molecule has 0 aliphatic carbocycles. The first kappa shape index (κ1) is 23.7. The Morgan fingerprint density at radius 2 is 1.77 bits per heavy atom. The highest BCUT2D eigenvalue weighted by molar-refractivity contribution is 7.88. The van der Waals surface area contributed by atoms with Crippen LogP contribution in [-0.4, -0.2) is 45.0 Å². The Morgan fingerprint density at radius 1 is 1.10 bits per heavy atom. The molecule has 0 bridgehead atoms. The molecule has 0 aliphatic heterocycles. The smallest absolute Gasteiger partial charge is 0.338 e. The highest BCUT2D eigenvalue weighted by Gasteiger charge is 2.22. The number of Topliss-reactive ketones (excluding diaryl/α,β-unsaturated/α-hetero) is 1. The molecule has 10 heteroatoms. The van der Waals surface area contributed by atoms with E-state index in [1.54, 1.807) is 36.4 Å². The Morgan fingerprint density at radius 3 is 2.37 bits per heavy atom. The van der Waals surface area contributed by atoms with Gasteiger partial charge in [-0.3, -0.25) is 9.59 Å². The number of ketones is 1. The number of hydrogen-bond acceptors (Lipinski definition) is 7. The number of carbonyl (C=O) groups excluding carboxylic acids is 3. The average molecular weight is 453 g/mol. The minimum Gasteiger partial charge on any atom is -0.451 e. The number of sulfonamides is 1. The molecule has 2 rings (SSSR count). The van der Waals surface area contributed by atoms with Crippen LogP contribution in [0.1, 0.15) is 44.3 Å². The van der Waals surface area contributed by atoms with Crippen molar-refractivity contribution in [2.24, 2.45) is 0 Å². The Balaban J connectivity index is 1.90. The molecule has 1 aromatic heterocycles. The van der Waals surface area contributed by atoms with Crippen molar-refractivity contribution in [3.63, 3.8) is 0 Å². The van der Waals surface area contributed by atoms with E-state index in [0.717, 1.165) is 16.7 Å². The van der Waals surface area contributed by atoms with E-state index in [9.17, 15) is 22.8 Å². The number of rotatable bonds is 10. The second kappa shape index (κ2) is 10.5. The van der Waals surface area contributed by atoms with Gasteiger partial charge in [-0.2, -0.15) is 0 Å². The van der Waals surface area contributed by atoms with E-state index in [1.807, 2.05) is 0 Å². The second-order valence-corrected chi connectivity index (χ2v) is 9.70. The van der Waals surface area contributed by atoms with Crippen LogP contribution in [-0.2, 0) is 32.5 Å². The summed E-state index contributed by atoms with van der Waals surface area (Å²) in [5.74, 6) is -1.09. The number of esters is 1. The summed E-state index contributed by atoms with van der Waals surface area (Å²) >= 11 is 1.24. The zero-order chi connectivity index (χ0) is 22.3. The fraction of sp³-hybridized carbons (Fsp3) is 0.350. The van der Waals surface area contributed by atoms with Crippen molar-refractivity contribution in [1.82, 2.24) is 10.0 Å². The molecule has 2 aromatic rings. The highest BCUT2D eigenvalue weighted by Crippen LogP contribution is 2.19. The van der Waals surface area contributed by atoms with Crippen LogP contribution in [0, 0.1) is 0 Å². The van der Waals surface area contributed by atoms with E-state index in [1.165, 1.54) is 25.2 Å². The highest BCUT2D eigenvalue weighted by atomic mass is 32.2. The molecule has 1 heterocycles. The van der Waals surface area contributed by atoms with Crippen molar-refractivity contribution in [2.75, 3.05) is 12.8 Å². The van der Waals surface area contributed by atoms with Crippen molar-refractivity contribution in [3.8, 4) is 0 Å². The van der Waals surface area contributed by atoms with E-state index in [-0.39, 0.29) is 18.2 Å². The number of ether oxygens (including phenoxy) is 1. The molecule has 162 valence electrons. The Kier molecular flexibility index (Phi) is 8.27. The number of thiophene rings is 1. The summed E-state index contributed by atoms with van der Waals surface area (Å²) in [5, 5.41) is 2.66. The van der Waals surface area contributed by atoms with Gasteiger partial charge < -0.3 is 10.1 Å². The van der Waals surface area contributed by atoms with Gasteiger partial charge in [0.15, 0.2) is 6.10 Å². The number of amides is 1. The van der Waals surface area contributed by atoms with Crippen LogP contribution >= 0.6 is 11.3 Å². The maximum Gasteiger partial charge on any atom is 0.338 e. The molecule has 1 aromatic carbocycles. The largest absolute Gasteiger partial charge is 0.451 e. The van der Waals surface area contributed by atoms with Gasteiger partial charge >= 0.3 is 5.97 Å². The molecule has 1 atom stereocenters. The van der Waals surface area contributed by atoms with Crippen LogP contribution in [0.2, 0.25) is 0 Å². The van der Waals surface area contributed by atoms with E-state index in [2.05, 4.69) is 10.0 Å². The maximum atomic E-state index is 12.5. The van der Waals surface area contributed by atoms with Gasteiger partial charge in [-0.05, 0) is 43.2 Å². The predicted octanol–water partition coefficient (Wildman–Crippen LogP) is 1.90. The van der Waals surface area contributed by atoms with Gasteiger partial charge in [0, 0.05) is 18.3 Å². The quantitative estimate of drug-likeness (QED) is 0.420. The molecule has 0 spiro atoms. The summed E-state index contributed by atoms with van der Waals surface area (Å²) in [4.78, 5) is 37.1. The third-order valence-electron chi connectivity index (χ3n) is 4.04. The van der Waals surface area contributed by atoms with Crippen molar-refractivity contribution in [3.05, 3.63) is 57.3 Å². The van der Waals surface area contributed by atoms with Gasteiger partial charge in [0.1, 0.15) is 0 Å². The fourth-order valence-corrected chi connectivity index (χ4v) is 3.93. The topological polar surface area (TPSA) is 119 Å². The maximum absolute atomic E-state index is 12.5. The lowest BCUT2D eigenvalue weighted by Gasteiger charge is -2.11. The van der Waals surface area contributed by atoms with Crippen molar-refractivity contribution >= 4 is 39.0 Å². The lowest BCUT2D eigenvalue weighted by Crippen LogP contribution is -2.24. The molecule has 1 amide bonds. The normalized spacial score (nSPS) is 12.2. The Bertz CT molecular complexity index is 1010. The molecule has 8 nitrogen and oxygen atoms in total. The first-order valence-electron chi connectivity index (χ1n) is 9.17. The van der Waals surface area contributed by atoms with Crippen molar-refractivity contribution in [1.29, 1.82) is 0 Å². The molecule has 0 unspecified atom stereocenters. The molecule has 0 aliphatic rings. The Hall–Kier alpha value is -2.56. The lowest BCUT2D eigenvalue weighted by atomic mass is 10.1. The molecule has 30 heavy (non-hydrogen) atoms. The average Bonchev–Trinajstić information content (AvgIpc) is 3.14. The van der Waals surface area contributed by atoms with Crippen LogP contribution in [0.4, 0.5) is 0 Å². The van der Waals surface area contributed by atoms with Gasteiger partial charge in [-0.15, -0.1) is 11.3 Å². The van der Waals surface area contributed by atoms with Gasteiger partial charge in [0.25, 0.3) is 0 Å². The molecule has 2 N–H and O–H groups in total. The van der Waals surface area contributed by atoms with E-state index >= 15 is 0 Å². The summed E-state index contributed by atoms with van der Waals surface area (Å²) < 4.78 is 29.8. The third-order valence-corrected chi connectivity index (χ3v) is 5.86. The first-order valence-corrected chi connectivity index (χ1v) is 11.9. The summed E-state index contributed by atoms with van der Waals surface area (Å²) in [5.41, 5.74) is 1.16. The number of benzene rings is 1. The summed E-state index contributed by atoms with van der Waals surface area (Å²) in [6, 6.07) is 9.97. The fourth-order valence-electron chi connectivity index (χ4n) is 2.49. The minimum absolute atomic E-state index is 0.156. The molecular formula is C20H24N2O6S2. The number of carbonyl (C=O) groups is 3. The van der Waals surface area contributed by atoms with Gasteiger partial charge in [0.05, 0.1) is 23.2 Å². The number of nitrogens with one attached hydrogen (secondary N) is 2. The van der Waals surface area contributed by atoms with Gasteiger partial charge in [-0.1, -0.05) is 12.1 Å². The summed E-state index contributed by atoms with van der Waals surface area (Å²) in [6.07, 6.45) is 0.619. The minimum atomic E-state index is -3.24. The Labute approximate surface area is 179 Å². The zero-order valence-corrected chi connectivity index (χ0v) is 18.6. The molecule has 0 radical (unpaired) electrons. The van der Waals surface area contributed by atoms with Crippen LogP contribution < -0.4 is 10.0 Å². The van der Waals surface area contributed by atoms with Gasteiger partial charge in [-0.25, -0.2) is 17.9 Å². The first-order chi connectivity index (χ1) is 14.0. The number of hydrogen-bond donors (Lipinski definition) is 2. The summed E-state index contributed by atoms with van der Waals surface area (Å²) in [6.45, 7) is 3.53. The zero-order valence-electron chi connectivity index (χ0n) is 16.9. The van der Waals surface area contributed by atoms with Crippen LogP contribution in [0.25, 0.3) is 0 Å². The standard InChI is InChI=1S/C20H24N2O6S2/c1-13(19(24)18-9-8-17(29-18)12-21-14(2)23)28-20(25)16-6-4-15(5-7-16)10-11-22-30(3,26)27/h4-9,13,22H,10-12H2,1-3H3,(H,21,23)/t13-/m0/s1. The van der Waals surface area contributed by atoms with Crippen molar-refractivity contribution < 1.29 is 27.5 Å².